The van der Waals surface area contributed by atoms with Crippen molar-refractivity contribution in [2.75, 3.05) is 12.8 Å². The molecule has 0 aromatic heterocycles. The fraction of sp³-hybridized carbons (Fsp3) is 1.00. The molecule has 0 aromatic carbocycles. The van der Waals surface area contributed by atoms with Gasteiger partial charge >= 0.3 is 0 Å². The molecule has 62 valence electrons. The molecule has 0 spiro atoms. The summed E-state index contributed by atoms with van der Waals surface area (Å²) in [6, 6.07) is 0.674. The lowest BCUT2D eigenvalue weighted by molar-refractivity contribution is 0.530. The van der Waals surface area contributed by atoms with Gasteiger partial charge in [-0.1, -0.05) is 13.8 Å². The summed E-state index contributed by atoms with van der Waals surface area (Å²) in [4.78, 5) is 0. The summed E-state index contributed by atoms with van der Waals surface area (Å²) >= 11 is 1.94. The van der Waals surface area contributed by atoms with Crippen molar-refractivity contribution >= 4 is 11.8 Å². The highest BCUT2D eigenvalue weighted by Gasteiger charge is 2.04. The monoisotopic (exact) mass is 161 g/mol. The predicted octanol–water partition coefficient (Wildman–Crippen LogP) is 2.13. The molecule has 10 heavy (non-hydrogen) atoms. The Morgan fingerprint density at radius 2 is 2.00 bits per heavy atom. The summed E-state index contributed by atoms with van der Waals surface area (Å²) in [7, 11) is 0. The van der Waals surface area contributed by atoms with Crippen molar-refractivity contribution in [2.24, 2.45) is 0 Å². The lowest BCUT2D eigenvalue weighted by Crippen LogP contribution is -2.27. The highest BCUT2D eigenvalue weighted by molar-refractivity contribution is 7.99. The van der Waals surface area contributed by atoms with Crippen molar-refractivity contribution in [1.29, 1.82) is 0 Å². The van der Waals surface area contributed by atoms with Gasteiger partial charge < -0.3 is 5.32 Å². The Morgan fingerprint density at radius 1 is 1.40 bits per heavy atom. The summed E-state index contributed by atoms with van der Waals surface area (Å²) in [6.45, 7) is 7.76. The van der Waals surface area contributed by atoms with E-state index in [-0.39, 0.29) is 0 Å². The minimum absolute atomic E-state index is 0.674. The van der Waals surface area contributed by atoms with E-state index in [0.717, 1.165) is 11.8 Å². The molecule has 0 aliphatic carbocycles. The Balaban J connectivity index is 3.27. The van der Waals surface area contributed by atoms with Crippen LogP contribution >= 0.6 is 11.8 Å². The van der Waals surface area contributed by atoms with Crippen LogP contribution in [0, 0.1) is 0 Å². The second-order valence-corrected chi connectivity index (χ2v) is 4.02. The zero-order valence-electron chi connectivity index (χ0n) is 7.48. The molecule has 0 rings (SSSR count). The molecular weight excluding hydrogens is 142 g/mol. The summed E-state index contributed by atoms with van der Waals surface area (Å²) < 4.78 is 0. The van der Waals surface area contributed by atoms with Gasteiger partial charge in [-0.05, 0) is 26.1 Å². The third kappa shape index (κ3) is 5.12. The number of hydrogen-bond acceptors (Lipinski definition) is 2. The maximum Gasteiger partial charge on any atom is 0.00490 e. The predicted molar refractivity (Wildman–Crippen MR) is 50.7 cm³/mol. The minimum Gasteiger partial charge on any atom is -0.314 e. The van der Waals surface area contributed by atoms with Crippen molar-refractivity contribution in [3.8, 4) is 0 Å². The largest absolute Gasteiger partial charge is 0.314 e. The van der Waals surface area contributed by atoms with Gasteiger partial charge in [0.25, 0.3) is 0 Å². The van der Waals surface area contributed by atoms with E-state index in [2.05, 4.69) is 32.3 Å². The van der Waals surface area contributed by atoms with E-state index < -0.39 is 0 Å². The van der Waals surface area contributed by atoms with Gasteiger partial charge in [-0.3, -0.25) is 0 Å². The first-order valence-corrected chi connectivity index (χ1v) is 5.25. The van der Waals surface area contributed by atoms with Crippen molar-refractivity contribution in [3.05, 3.63) is 0 Å². The molecule has 0 radical (unpaired) electrons. The van der Waals surface area contributed by atoms with Crippen LogP contribution in [0.25, 0.3) is 0 Å². The molecule has 0 bridgehead atoms. The molecule has 0 aliphatic rings. The Kier molecular flexibility index (Phi) is 6.24. The van der Waals surface area contributed by atoms with Crippen LogP contribution in [0.15, 0.2) is 0 Å². The molecule has 0 aliphatic heterocycles. The molecule has 0 fully saturated rings. The fourth-order valence-corrected chi connectivity index (χ4v) is 1.51. The molecule has 0 saturated heterocycles. The Morgan fingerprint density at radius 3 is 2.40 bits per heavy atom. The van der Waals surface area contributed by atoms with Crippen LogP contribution < -0.4 is 5.32 Å². The summed E-state index contributed by atoms with van der Waals surface area (Å²) in [5.74, 6) is 0. The normalized spacial score (nSPS) is 16.8. The first kappa shape index (κ1) is 10.3. The summed E-state index contributed by atoms with van der Waals surface area (Å²) in [6.07, 6.45) is 3.44. The average Bonchev–Trinajstić information content (AvgIpc) is 1.88. The van der Waals surface area contributed by atoms with Crippen LogP contribution in [-0.4, -0.2) is 24.1 Å². The van der Waals surface area contributed by atoms with Crippen LogP contribution in [0.3, 0.4) is 0 Å². The van der Waals surface area contributed by atoms with E-state index in [0.29, 0.717) is 6.04 Å². The van der Waals surface area contributed by atoms with Gasteiger partial charge in [0.15, 0.2) is 0 Å². The quantitative estimate of drug-likeness (QED) is 0.663. The zero-order chi connectivity index (χ0) is 7.98. The van der Waals surface area contributed by atoms with E-state index in [4.69, 9.17) is 0 Å². The van der Waals surface area contributed by atoms with Crippen LogP contribution in [-0.2, 0) is 0 Å². The Bertz CT molecular complexity index is 75.7. The first-order valence-electron chi connectivity index (χ1n) is 3.96. The van der Waals surface area contributed by atoms with E-state index in [9.17, 15) is 0 Å². The SMILES string of the molecule is CCNC(C)CC(C)SC. The highest BCUT2D eigenvalue weighted by atomic mass is 32.2. The Labute approximate surface area is 69.0 Å². The van der Waals surface area contributed by atoms with E-state index >= 15 is 0 Å². The minimum atomic E-state index is 0.674. The van der Waals surface area contributed by atoms with Gasteiger partial charge in [0.1, 0.15) is 0 Å². The van der Waals surface area contributed by atoms with Crippen molar-refractivity contribution in [3.63, 3.8) is 0 Å². The van der Waals surface area contributed by atoms with Crippen LogP contribution in [0.2, 0.25) is 0 Å². The molecule has 2 unspecified atom stereocenters. The van der Waals surface area contributed by atoms with Crippen LogP contribution in [0.1, 0.15) is 27.2 Å². The maximum atomic E-state index is 3.40. The van der Waals surface area contributed by atoms with Crippen LogP contribution in [0.4, 0.5) is 0 Å². The molecule has 0 amide bonds. The lowest BCUT2D eigenvalue weighted by Gasteiger charge is -2.15. The molecular formula is C8H19NS. The molecule has 1 nitrogen and oxygen atoms in total. The summed E-state index contributed by atoms with van der Waals surface area (Å²) in [5, 5.41) is 4.18. The average molecular weight is 161 g/mol. The number of nitrogens with one attached hydrogen (secondary N) is 1. The van der Waals surface area contributed by atoms with E-state index in [1.165, 1.54) is 6.42 Å². The third-order valence-corrected chi connectivity index (χ3v) is 2.64. The van der Waals surface area contributed by atoms with E-state index in [1.807, 2.05) is 11.8 Å². The van der Waals surface area contributed by atoms with Gasteiger partial charge in [-0.15, -0.1) is 0 Å². The topological polar surface area (TPSA) is 12.0 Å². The molecule has 0 saturated carbocycles. The van der Waals surface area contributed by atoms with Crippen molar-refractivity contribution in [1.82, 2.24) is 5.32 Å². The lowest BCUT2D eigenvalue weighted by atomic mass is 10.2. The first-order chi connectivity index (χ1) is 4.70. The standard InChI is InChI=1S/C8H19NS/c1-5-9-7(2)6-8(3)10-4/h7-9H,5-6H2,1-4H3. The molecule has 1 N–H and O–H groups in total. The smallest absolute Gasteiger partial charge is 0.00490 e. The van der Waals surface area contributed by atoms with Gasteiger partial charge in [0.05, 0.1) is 0 Å². The van der Waals surface area contributed by atoms with Crippen LogP contribution in [0.5, 0.6) is 0 Å². The molecule has 0 aromatic rings. The Hall–Kier alpha value is 0.310. The highest BCUT2D eigenvalue weighted by Crippen LogP contribution is 2.11. The molecule has 2 atom stereocenters. The number of thioether (sulfide) groups is 1. The molecule has 0 heterocycles. The van der Waals surface area contributed by atoms with Gasteiger partial charge in [-0.25, -0.2) is 0 Å². The summed E-state index contributed by atoms with van der Waals surface area (Å²) in [5.41, 5.74) is 0. The number of rotatable bonds is 5. The van der Waals surface area contributed by atoms with Crippen molar-refractivity contribution in [2.45, 2.75) is 38.5 Å². The number of hydrogen-bond donors (Lipinski definition) is 1. The van der Waals surface area contributed by atoms with Gasteiger partial charge in [0, 0.05) is 11.3 Å². The maximum absolute atomic E-state index is 3.40. The zero-order valence-corrected chi connectivity index (χ0v) is 8.29. The second kappa shape index (κ2) is 6.05. The van der Waals surface area contributed by atoms with Crippen molar-refractivity contribution < 1.29 is 0 Å². The molecule has 2 heteroatoms. The van der Waals surface area contributed by atoms with Gasteiger partial charge in [-0.2, -0.15) is 11.8 Å². The fourth-order valence-electron chi connectivity index (χ4n) is 1.03. The van der Waals surface area contributed by atoms with Gasteiger partial charge in [0.2, 0.25) is 0 Å². The third-order valence-electron chi connectivity index (χ3n) is 1.64. The van der Waals surface area contributed by atoms with E-state index in [1.54, 1.807) is 0 Å². The second-order valence-electron chi connectivity index (χ2n) is 2.74.